The fourth-order valence-electron chi connectivity index (χ4n) is 6.64. The second-order valence-electron chi connectivity index (χ2n) is 13.9. The van der Waals surface area contributed by atoms with Gasteiger partial charge in [0.1, 0.15) is 18.1 Å². The number of nitrogens with zero attached hydrogens (tertiary/aromatic N) is 2. The molecule has 5 aromatic carbocycles. The second kappa shape index (κ2) is 18.4. The molecule has 15 heteroatoms. The Balaban J connectivity index is 0.000000218. The number of esters is 1. The summed E-state index contributed by atoms with van der Waals surface area (Å²) in [5.74, 6) is -1.59. The van der Waals surface area contributed by atoms with Crippen LogP contribution in [0.5, 0.6) is 11.5 Å². The van der Waals surface area contributed by atoms with E-state index in [0.29, 0.717) is 44.8 Å². The fourth-order valence-corrected chi connectivity index (χ4v) is 6.77. The van der Waals surface area contributed by atoms with Gasteiger partial charge in [0.2, 0.25) is 0 Å². The monoisotopic (exact) mass is 874 g/mol. The highest BCUT2D eigenvalue weighted by Gasteiger charge is 2.33. The summed E-state index contributed by atoms with van der Waals surface area (Å²) in [4.78, 5) is 23.5. The van der Waals surface area contributed by atoms with Gasteiger partial charge in [-0.3, -0.25) is 0 Å². The molecule has 0 aliphatic rings. The summed E-state index contributed by atoms with van der Waals surface area (Å²) in [7, 11) is 0. The van der Waals surface area contributed by atoms with Crippen LogP contribution in [0.3, 0.4) is 0 Å². The number of hydrogen-bond donors (Lipinski definition) is 2. The highest BCUT2D eigenvalue weighted by molar-refractivity contribution is 6.30. The molecular weight excluding hydrogens is 838 g/mol. The molecule has 0 aliphatic heterocycles. The first-order valence-electron chi connectivity index (χ1n) is 18.8. The lowest BCUT2D eigenvalue weighted by molar-refractivity contribution is -0.138. The van der Waals surface area contributed by atoms with E-state index in [1.54, 1.807) is 108 Å². The zero-order valence-corrected chi connectivity index (χ0v) is 33.9. The predicted octanol–water partition coefficient (Wildman–Crippen LogP) is 12.8. The van der Waals surface area contributed by atoms with Gasteiger partial charge in [-0.2, -0.15) is 26.3 Å². The summed E-state index contributed by atoms with van der Waals surface area (Å²) in [6.45, 7) is 5.67. The van der Waals surface area contributed by atoms with Crippen LogP contribution in [0.15, 0.2) is 133 Å². The number of carboxylic acid groups (broad SMARTS) is 1. The molecule has 0 bridgehead atoms. The zero-order valence-electron chi connectivity index (χ0n) is 33.2. The Labute approximate surface area is 356 Å². The van der Waals surface area contributed by atoms with Crippen LogP contribution in [0.4, 0.5) is 26.3 Å². The Bertz CT molecular complexity index is 2740. The molecule has 0 radical (unpaired) electrons. The van der Waals surface area contributed by atoms with E-state index >= 15 is 0 Å². The number of aromatic hydroxyl groups is 1. The quantitative estimate of drug-likeness (QED) is 0.105. The van der Waals surface area contributed by atoms with Gasteiger partial charge in [-0.25, -0.2) is 9.59 Å². The van der Waals surface area contributed by atoms with Crippen LogP contribution in [0.2, 0.25) is 5.02 Å². The summed E-state index contributed by atoms with van der Waals surface area (Å²) in [6, 6.07) is 32.7. The van der Waals surface area contributed by atoms with E-state index in [2.05, 4.69) is 0 Å². The van der Waals surface area contributed by atoms with Crippen molar-refractivity contribution in [3.63, 3.8) is 0 Å². The van der Waals surface area contributed by atoms with E-state index in [9.17, 15) is 41.0 Å². The molecule has 0 amide bonds. The maximum Gasteiger partial charge on any atom is 0.416 e. The van der Waals surface area contributed by atoms with Crippen molar-refractivity contribution in [3.8, 4) is 45.4 Å². The average molecular weight is 875 g/mol. The highest BCUT2D eigenvalue weighted by Crippen LogP contribution is 2.40. The number of alkyl halides is 6. The zero-order chi connectivity index (χ0) is 44.9. The Morgan fingerprint density at radius 2 is 1.16 bits per heavy atom. The number of halogens is 7. The normalized spacial score (nSPS) is 11.5. The third kappa shape index (κ3) is 10.1. The van der Waals surface area contributed by atoms with Gasteiger partial charge in [0.15, 0.2) is 0 Å². The molecule has 2 aromatic heterocycles. The van der Waals surface area contributed by atoms with Crippen molar-refractivity contribution < 1.29 is 55.6 Å². The fraction of sp³-hybridized carbons (Fsp3) is 0.149. The van der Waals surface area contributed by atoms with Crippen molar-refractivity contribution in [2.75, 3.05) is 6.61 Å². The topological polar surface area (TPSA) is 103 Å². The minimum Gasteiger partial charge on any atom is -0.507 e. The van der Waals surface area contributed by atoms with E-state index in [0.717, 1.165) is 41.6 Å². The maximum absolute atomic E-state index is 13.6. The van der Waals surface area contributed by atoms with Crippen LogP contribution in [-0.4, -0.2) is 37.9 Å². The van der Waals surface area contributed by atoms with E-state index < -0.39 is 35.4 Å². The van der Waals surface area contributed by atoms with E-state index in [1.807, 2.05) is 6.92 Å². The van der Waals surface area contributed by atoms with Crippen LogP contribution < -0.4 is 4.74 Å². The summed E-state index contributed by atoms with van der Waals surface area (Å²) in [6.07, 6.45) is -9.07. The molecule has 7 aromatic rings. The van der Waals surface area contributed by atoms with Crippen LogP contribution in [0.25, 0.3) is 33.9 Å². The number of carboxylic acids is 1. The molecule has 62 heavy (non-hydrogen) atoms. The largest absolute Gasteiger partial charge is 0.507 e. The first kappa shape index (κ1) is 44.6. The first-order chi connectivity index (χ1) is 29.3. The summed E-state index contributed by atoms with van der Waals surface area (Å²) >= 11 is 5.94. The Morgan fingerprint density at radius 1 is 0.645 bits per heavy atom. The molecule has 2 heterocycles. The van der Waals surface area contributed by atoms with E-state index in [4.69, 9.17) is 26.2 Å². The van der Waals surface area contributed by atoms with Gasteiger partial charge in [0.25, 0.3) is 0 Å². The van der Waals surface area contributed by atoms with Crippen molar-refractivity contribution in [1.29, 1.82) is 0 Å². The smallest absolute Gasteiger partial charge is 0.416 e. The van der Waals surface area contributed by atoms with Crippen molar-refractivity contribution in [1.82, 2.24) is 9.13 Å². The Hall–Kier alpha value is -6.93. The van der Waals surface area contributed by atoms with Gasteiger partial charge >= 0.3 is 24.3 Å². The van der Waals surface area contributed by atoms with Gasteiger partial charge in [0, 0.05) is 38.9 Å². The minimum atomic E-state index is -4.54. The van der Waals surface area contributed by atoms with Gasteiger partial charge in [-0.1, -0.05) is 35.9 Å². The van der Waals surface area contributed by atoms with Crippen LogP contribution in [0.1, 0.15) is 55.7 Å². The molecule has 8 nitrogen and oxygen atoms in total. The Morgan fingerprint density at radius 3 is 1.71 bits per heavy atom. The lowest BCUT2D eigenvalue weighted by Gasteiger charge is -2.18. The predicted molar refractivity (Wildman–Crippen MR) is 222 cm³/mol. The number of aryl methyl sites for hydroxylation is 2. The van der Waals surface area contributed by atoms with Gasteiger partial charge in [0.05, 0.1) is 40.2 Å². The first-order valence-corrected chi connectivity index (χ1v) is 19.2. The number of aromatic carboxylic acids is 1. The number of carbonyl (C=O) groups is 2. The lowest BCUT2D eigenvalue weighted by Crippen LogP contribution is -2.08. The molecule has 2 N–H and O–H groups in total. The third-order valence-corrected chi connectivity index (χ3v) is 9.86. The number of phenols is 1. The molecule has 0 unspecified atom stereocenters. The van der Waals surface area contributed by atoms with E-state index in [1.165, 1.54) is 18.2 Å². The highest BCUT2D eigenvalue weighted by atomic mass is 35.5. The SMILES string of the molecule is CCOC(=O)c1cccc(-n2c(C)ccc2-c2cc(C(F)(F)F)ccc2OCc2ccc(Cl)cc2)c1.Cc1ccc(-c2cc(C(F)(F)F)ccc2O)n1-c1cccc(C(=O)O)c1. The number of hydrogen-bond acceptors (Lipinski definition) is 5. The molecule has 0 saturated carbocycles. The van der Waals surface area contributed by atoms with Crippen LogP contribution >= 0.6 is 11.6 Å². The number of carbonyl (C=O) groups excluding carboxylic acids is 1. The number of rotatable bonds is 10. The average Bonchev–Trinajstić information content (AvgIpc) is 3.82. The lowest BCUT2D eigenvalue weighted by atomic mass is 10.1. The molecule has 0 fully saturated rings. The van der Waals surface area contributed by atoms with Crippen molar-refractivity contribution in [3.05, 3.63) is 178 Å². The number of phenolic OH excluding ortho intramolecular Hbond substituents is 1. The van der Waals surface area contributed by atoms with Crippen LogP contribution in [-0.2, 0) is 23.7 Å². The van der Waals surface area contributed by atoms with Gasteiger partial charge < -0.3 is 28.8 Å². The van der Waals surface area contributed by atoms with Gasteiger partial charge in [-0.15, -0.1) is 0 Å². The summed E-state index contributed by atoms with van der Waals surface area (Å²) < 4.78 is 94.5. The molecule has 0 spiro atoms. The number of benzene rings is 5. The van der Waals surface area contributed by atoms with Gasteiger partial charge in [-0.05, 0) is 136 Å². The molecule has 0 aliphatic carbocycles. The molecule has 320 valence electrons. The Kier molecular flexibility index (Phi) is 13.2. The summed E-state index contributed by atoms with van der Waals surface area (Å²) in [5, 5.41) is 19.8. The number of aromatic nitrogens is 2. The summed E-state index contributed by atoms with van der Waals surface area (Å²) in [5.41, 5.74) is 3.17. The van der Waals surface area contributed by atoms with E-state index in [-0.39, 0.29) is 35.7 Å². The molecular formula is C47H37ClF6N2O6. The standard InChI is InChI=1S/C28H23ClF3NO3.C19H14F3NO3/c1-3-35-27(34)20-5-4-6-23(15-20)33-18(2)7-13-25(33)24-16-21(28(30,31)32)10-14-26(24)36-17-19-8-11-22(29)12-9-19;1-11-5-7-16(15-10-13(19(20,21)22)6-8-17(15)24)23(11)14-4-2-3-12(9-14)18(25)26/h4-16H,3,17H2,1-2H3;2-10,24H,1H3,(H,25,26). The number of ether oxygens (including phenoxy) is 2. The van der Waals surface area contributed by atoms with Crippen molar-refractivity contribution in [2.24, 2.45) is 0 Å². The molecule has 0 atom stereocenters. The minimum absolute atomic E-state index is 0.00801. The van der Waals surface area contributed by atoms with Crippen LogP contribution in [0, 0.1) is 13.8 Å². The second-order valence-corrected chi connectivity index (χ2v) is 14.3. The molecule has 0 saturated heterocycles. The third-order valence-electron chi connectivity index (χ3n) is 9.61. The van der Waals surface area contributed by atoms with Crippen molar-refractivity contribution in [2.45, 2.75) is 39.7 Å². The maximum atomic E-state index is 13.6. The molecule has 7 rings (SSSR count). The van der Waals surface area contributed by atoms with Crippen molar-refractivity contribution >= 4 is 23.5 Å².